The van der Waals surface area contributed by atoms with Crippen molar-refractivity contribution in [2.45, 2.75) is 9.24 Å². The molecule has 1 aromatic heterocycles. The first-order valence-corrected chi connectivity index (χ1v) is 12.1. The number of hydrogen-bond donors (Lipinski definition) is 0. The van der Waals surface area contributed by atoms with Crippen molar-refractivity contribution in [3.05, 3.63) is 54.6 Å². The topological polar surface area (TPSA) is 70.6 Å². The molecule has 0 bridgehead atoms. The standard InChI is InChI=1S/C19H19N3O3S3/c23-18(14-26-19-20-16-8-4-5-9-17(16)27-19)21-10-12-22(13-11-21)28(24,25)15-6-2-1-3-7-15/h1-9H,10-14H2. The summed E-state index contributed by atoms with van der Waals surface area (Å²) in [5.74, 6) is 0.326. The first-order valence-electron chi connectivity index (χ1n) is 8.85. The van der Waals surface area contributed by atoms with Gasteiger partial charge in [0.05, 0.1) is 20.9 Å². The van der Waals surface area contributed by atoms with Crippen molar-refractivity contribution in [1.82, 2.24) is 14.2 Å². The summed E-state index contributed by atoms with van der Waals surface area (Å²) in [6.07, 6.45) is 0. The fraction of sp³-hybridized carbons (Fsp3) is 0.263. The van der Waals surface area contributed by atoms with E-state index in [2.05, 4.69) is 4.98 Å². The Kier molecular flexibility index (Phi) is 5.68. The van der Waals surface area contributed by atoms with Crippen molar-refractivity contribution in [3.63, 3.8) is 0 Å². The number of rotatable bonds is 5. The van der Waals surface area contributed by atoms with Gasteiger partial charge >= 0.3 is 0 Å². The summed E-state index contributed by atoms with van der Waals surface area (Å²) in [5.41, 5.74) is 0.946. The molecule has 1 aliphatic heterocycles. The van der Waals surface area contributed by atoms with Gasteiger partial charge in [0, 0.05) is 26.2 Å². The number of thioether (sulfide) groups is 1. The molecular formula is C19H19N3O3S3. The lowest BCUT2D eigenvalue weighted by Crippen LogP contribution is -2.50. The number of carbonyl (C=O) groups excluding carboxylic acids is 1. The quantitative estimate of drug-likeness (QED) is 0.579. The number of nitrogens with zero attached hydrogens (tertiary/aromatic N) is 3. The van der Waals surface area contributed by atoms with Crippen LogP contribution in [0.25, 0.3) is 10.2 Å². The molecule has 0 unspecified atom stereocenters. The fourth-order valence-electron chi connectivity index (χ4n) is 3.05. The van der Waals surface area contributed by atoms with Gasteiger partial charge in [-0.3, -0.25) is 4.79 Å². The highest BCUT2D eigenvalue weighted by molar-refractivity contribution is 8.01. The molecule has 1 amide bonds. The fourth-order valence-corrected chi connectivity index (χ4v) is 6.46. The van der Waals surface area contributed by atoms with E-state index in [9.17, 15) is 13.2 Å². The van der Waals surface area contributed by atoms with Gasteiger partial charge in [-0.1, -0.05) is 42.1 Å². The second kappa shape index (κ2) is 8.20. The molecule has 2 aromatic carbocycles. The first kappa shape index (κ1) is 19.4. The van der Waals surface area contributed by atoms with Gasteiger partial charge in [0.2, 0.25) is 15.9 Å². The number of para-hydroxylation sites is 1. The minimum atomic E-state index is -3.50. The van der Waals surface area contributed by atoms with Gasteiger partial charge in [0.1, 0.15) is 0 Å². The molecule has 28 heavy (non-hydrogen) atoms. The summed E-state index contributed by atoms with van der Waals surface area (Å²) in [6, 6.07) is 16.3. The van der Waals surface area contributed by atoms with Gasteiger partial charge in [-0.15, -0.1) is 11.3 Å². The van der Waals surface area contributed by atoms with Crippen molar-refractivity contribution in [1.29, 1.82) is 0 Å². The molecule has 9 heteroatoms. The van der Waals surface area contributed by atoms with Crippen molar-refractivity contribution in [2.75, 3.05) is 31.9 Å². The predicted octanol–water partition coefficient (Wildman–Crippen LogP) is 2.92. The average Bonchev–Trinajstić information content (AvgIpc) is 3.16. The van der Waals surface area contributed by atoms with Gasteiger partial charge in [-0.2, -0.15) is 4.31 Å². The van der Waals surface area contributed by atoms with E-state index in [1.54, 1.807) is 46.6 Å². The molecule has 6 nitrogen and oxygen atoms in total. The molecule has 1 aliphatic rings. The highest BCUT2D eigenvalue weighted by Gasteiger charge is 2.29. The van der Waals surface area contributed by atoms with E-state index in [4.69, 9.17) is 0 Å². The Morgan fingerprint density at radius 3 is 2.39 bits per heavy atom. The molecule has 0 saturated carbocycles. The van der Waals surface area contributed by atoms with Crippen LogP contribution in [0.2, 0.25) is 0 Å². The highest BCUT2D eigenvalue weighted by atomic mass is 32.2. The molecule has 0 N–H and O–H groups in total. The summed E-state index contributed by atoms with van der Waals surface area (Å²) < 4.78 is 28.8. The molecule has 2 heterocycles. The van der Waals surface area contributed by atoms with Crippen LogP contribution in [0, 0.1) is 0 Å². The van der Waals surface area contributed by atoms with Crippen LogP contribution in [0.15, 0.2) is 63.8 Å². The Morgan fingerprint density at radius 1 is 1.00 bits per heavy atom. The van der Waals surface area contributed by atoms with Crippen LogP contribution in [0.3, 0.4) is 0 Å². The first-order chi connectivity index (χ1) is 13.5. The maximum absolute atomic E-state index is 12.7. The lowest BCUT2D eigenvalue weighted by atomic mass is 10.3. The van der Waals surface area contributed by atoms with Crippen LogP contribution in [0.4, 0.5) is 0 Å². The number of aromatic nitrogens is 1. The molecule has 146 valence electrons. The number of amides is 1. The van der Waals surface area contributed by atoms with Gasteiger partial charge < -0.3 is 4.90 Å². The third-order valence-corrected chi connectivity index (χ3v) is 8.64. The summed E-state index contributed by atoms with van der Waals surface area (Å²) in [5, 5.41) is 0. The molecule has 0 aliphatic carbocycles. The monoisotopic (exact) mass is 433 g/mol. The van der Waals surface area contributed by atoms with Crippen molar-refractivity contribution in [3.8, 4) is 0 Å². The summed E-state index contributed by atoms with van der Waals surface area (Å²) in [7, 11) is -3.50. The minimum Gasteiger partial charge on any atom is -0.339 e. The van der Waals surface area contributed by atoms with E-state index in [0.29, 0.717) is 36.8 Å². The SMILES string of the molecule is O=C(CSc1nc2ccccc2s1)N1CCN(S(=O)(=O)c2ccccc2)CC1. The largest absolute Gasteiger partial charge is 0.339 e. The van der Waals surface area contributed by atoms with E-state index < -0.39 is 10.0 Å². The number of sulfonamides is 1. The van der Waals surface area contributed by atoms with Crippen molar-refractivity contribution >= 4 is 49.2 Å². The maximum atomic E-state index is 12.7. The van der Waals surface area contributed by atoms with E-state index in [-0.39, 0.29) is 5.91 Å². The lowest BCUT2D eigenvalue weighted by Gasteiger charge is -2.34. The summed E-state index contributed by atoms with van der Waals surface area (Å²) in [6.45, 7) is 1.44. The van der Waals surface area contributed by atoms with Crippen molar-refractivity contribution in [2.24, 2.45) is 0 Å². The van der Waals surface area contributed by atoms with E-state index in [1.807, 2.05) is 24.3 Å². The number of carbonyl (C=O) groups is 1. The Balaban J connectivity index is 1.32. The van der Waals surface area contributed by atoms with Crippen molar-refractivity contribution < 1.29 is 13.2 Å². The summed E-state index contributed by atoms with van der Waals surface area (Å²) >= 11 is 3.02. The van der Waals surface area contributed by atoms with Crippen LogP contribution in [-0.4, -0.2) is 60.4 Å². The molecule has 1 fully saturated rings. The number of benzene rings is 2. The molecule has 3 aromatic rings. The molecule has 4 rings (SSSR count). The molecule has 0 spiro atoms. The molecule has 0 radical (unpaired) electrons. The Labute approximate surface area is 172 Å². The zero-order valence-electron chi connectivity index (χ0n) is 15.0. The zero-order chi connectivity index (χ0) is 19.6. The van der Waals surface area contributed by atoms with Crippen LogP contribution in [0.5, 0.6) is 0 Å². The van der Waals surface area contributed by atoms with Crippen LogP contribution in [0.1, 0.15) is 0 Å². The van der Waals surface area contributed by atoms with Crippen LogP contribution >= 0.6 is 23.1 Å². The Hall–Kier alpha value is -1.94. The highest BCUT2D eigenvalue weighted by Crippen LogP contribution is 2.29. The van der Waals surface area contributed by atoms with Crippen LogP contribution < -0.4 is 0 Å². The van der Waals surface area contributed by atoms with Gasteiger partial charge in [-0.25, -0.2) is 13.4 Å². The Bertz CT molecular complexity index is 1040. The number of hydrogen-bond acceptors (Lipinski definition) is 6. The Morgan fingerprint density at radius 2 is 1.68 bits per heavy atom. The minimum absolute atomic E-state index is 0.0148. The summed E-state index contributed by atoms with van der Waals surface area (Å²) in [4.78, 5) is 19.1. The van der Waals surface area contributed by atoms with E-state index in [1.165, 1.54) is 16.1 Å². The maximum Gasteiger partial charge on any atom is 0.243 e. The molecule has 0 atom stereocenters. The zero-order valence-corrected chi connectivity index (χ0v) is 17.5. The van der Waals surface area contributed by atoms with E-state index in [0.717, 1.165) is 14.6 Å². The lowest BCUT2D eigenvalue weighted by molar-refractivity contribution is -0.129. The average molecular weight is 434 g/mol. The van der Waals surface area contributed by atoms with E-state index >= 15 is 0 Å². The predicted molar refractivity (Wildman–Crippen MR) is 112 cm³/mol. The smallest absolute Gasteiger partial charge is 0.243 e. The van der Waals surface area contributed by atoms with Gasteiger partial charge in [0.15, 0.2) is 4.34 Å². The third kappa shape index (κ3) is 4.07. The van der Waals surface area contributed by atoms with Gasteiger partial charge in [-0.05, 0) is 24.3 Å². The number of fused-ring (bicyclic) bond motifs is 1. The van der Waals surface area contributed by atoms with Gasteiger partial charge in [0.25, 0.3) is 0 Å². The number of thiazole rings is 1. The molecular weight excluding hydrogens is 414 g/mol. The number of piperazine rings is 1. The third-order valence-electron chi connectivity index (χ3n) is 4.57. The second-order valence-corrected chi connectivity index (χ2v) is 10.5. The molecule has 1 saturated heterocycles. The normalized spacial score (nSPS) is 15.8. The van der Waals surface area contributed by atoms with Crippen LogP contribution in [-0.2, 0) is 14.8 Å². The second-order valence-electron chi connectivity index (χ2n) is 6.33.